The van der Waals surface area contributed by atoms with Crippen molar-refractivity contribution in [3.63, 3.8) is 0 Å². The highest BCUT2D eigenvalue weighted by atomic mass is 35.5. The summed E-state index contributed by atoms with van der Waals surface area (Å²) < 4.78 is 32.2. The van der Waals surface area contributed by atoms with Gasteiger partial charge in [0.15, 0.2) is 0 Å². The van der Waals surface area contributed by atoms with Gasteiger partial charge in [0.2, 0.25) is 5.91 Å². The Bertz CT molecular complexity index is 1190. The molecule has 0 saturated heterocycles. The van der Waals surface area contributed by atoms with Crippen LogP contribution in [0.5, 0.6) is 5.75 Å². The fourth-order valence-corrected chi connectivity index (χ4v) is 3.85. The quantitative estimate of drug-likeness (QED) is 0.252. The largest absolute Gasteiger partial charge is 0.434 e. The highest BCUT2D eigenvalue weighted by Gasteiger charge is 2.23. The van der Waals surface area contributed by atoms with Gasteiger partial charge in [-0.3, -0.25) is 14.3 Å². The third kappa shape index (κ3) is 6.42. The number of hydrogen-bond acceptors (Lipinski definition) is 6. The van der Waals surface area contributed by atoms with E-state index in [1.165, 1.54) is 35.2 Å². The van der Waals surface area contributed by atoms with Gasteiger partial charge in [0, 0.05) is 44.0 Å². The van der Waals surface area contributed by atoms with Crippen LogP contribution in [0, 0.1) is 0 Å². The van der Waals surface area contributed by atoms with Gasteiger partial charge in [-0.05, 0) is 24.6 Å². The van der Waals surface area contributed by atoms with Crippen LogP contribution in [0.4, 0.5) is 14.5 Å². The van der Waals surface area contributed by atoms with Crippen molar-refractivity contribution in [3.8, 4) is 17.0 Å². The van der Waals surface area contributed by atoms with E-state index in [4.69, 9.17) is 11.6 Å². The first-order valence-corrected chi connectivity index (χ1v) is 11.4. The van der Waals surface area contributed by atoms with Gasteiger partial charge in [-0.15, -0.1) is 0 Å². The van der Waals surface area contributed by atoms with Gasteiger partial charge >= 0.3 is 6.61 Å². The lowest BCUT2D eigenvalue weighted by atomic mass is 10.1. The summed E-state index contributed by atoms with van der Waals surface area (Å²) >= 11 is 6.14. The second-order valence-corrected chi connectivity index (χ2v) is 8.09. The Balaban J connectivity index is 2.04. The smallest absolute Gasteiger partial charge is 0.387 e. The lowest BCUT2D eigenvalue weighted by molar-refractivity contribution is -0.131. The second kappa shape index (κ2) is 12.2. The average molecular weight is 521 g/mol. The molecule has 1 aliphatic heterocycles. The van der Waals surface area contributed by atoms with Crippen molar-refractivity contribution >= 4 is 29.1 Å². The number of carbonyl (C=O) groups excluding carboxylic acids is 2. The Labute approximate surface area is 212 Å². The predicted molar refractivity (Wildman–Crippen MR) is 134 cm³/mol. The summed E-state index contributed by atoms with van der Waals surface area (Å²) in [6.07, 6.45) is 7.48. The minimum Gasteiger partial charge on any atom is -0.434 e. The van der Waals surface area contributed by atoms with E-state index in [2.05, 4.69) is 32.4 Å². The molecule has 2 heterocycles. The summed E-state index contributed by atoms with van der Waals surface area (Å²) in [7, 11) is 3.26. The highest BCUT2D eigenvalue weighted by Crippen LogP contribution is 2.37. The molecule has 9 nitrogen and oxygen atoms in total. The number of aromatic nitrogens is 2. The number of benzene rings is 1. The molecule has 1 aromatic heterocycles. The first-order chi connectivity index (χ1) is 17.3. The molecule has 12 heteroatoms. The molecule has 192 valence electrons. The zero-order chi connectivity index (χ0) is 26.2. The molecule has 3 rings (SSSR count). The third-order valence-electron chi connectivity index (χ3n) is 5.35. The predicted octanol–water partition coefficient (Wildman–Crippen LogP) is 3.37. The maximum Gasteiger partial charge on any atom is 0.387 e. The summed E-state index contributed by atoms with van der Waals surface area (Å²) in [4.78, 5) is 27.5. The molecule has 36 heavy (non-hydrogen) atoms. The van der Waals surface area contributed by atoms with Gasteiger partial charge in [0.1, 0.15) is 23.8 Å². The highest BCUT2D eigenvalue weighted by molar-refractivity contribution is 6.31. The van der Waals surface area contributed by atoms with Crippen LogP contribution in [0.25, 0.3) is 11.3 Å². The van der Waals surface area contributed by atoms with Crippen molar-refractivity contribution in [1.29, 1.82) is 0 Å². The summed E-state index contributed by atoms with van der Waals surface area (Å²) in [5, 5.41) is 13.1. The molecule has 3 N–H and O–H groups in total. The molecular weight excluding hydrogens is 494 g/mol. The van der Waals surface area contributed by atoms with Crippen LogP contribution in [0.3, 0.4) is 0 Å². The first-order valence-electron chi connectivity index (χ1n) is 11.1. The Morgan fingerprint density at radius 2 is 2.03 bits per heavy atom. The van der Waals surface area contributed by atoms with E-state index in [0.29, 0.717) is 18.9 Å². The fraction of sp³-hybridized carbons (Fsp3) is 0.292. The molecular formula is C24H27ClF2N6O3. The average Bonchev–Trinajstić information content (AvgIpc) is 3.25. The number of amides is 2. The molecule has 0 saturated carbocycles. The maximum absolute atomic E-state index is 13.1. The third-order valence-corrected chi connectivity index (χ3v) is 5.58. The number of rotatable bonds is 10. The first kappa shape index (κ1) is 26.7. The van der Waals surface area contributed by atoms with Crippen molar-refractivity contribution < 1.29 is 23.1 Å². The summed E-state index contributed by atoms with van der Waals surface area (Å²) in [5.41, 5.74) is 0.590. The molecule has 0 spiro atoms. The molecule has 0 bridgehead atoms. The normalized spacial score (nSPS) is 12.8. The number of alkyl halides is 2. The molecule has 0 aliphatic carbocycles. The maximum atomic E-state index is 13.1. The van der Waals surface area contributed by atoms with Gasteiger partial charge < -0.3 is 25.6 Å². The molecule has 0 unspecified atom stereocenters. The Kier molecular flexibility index (Phi) is 9.07. The van der Waals surface area contributed by atoms with E-state index in [0.717, 1.165) is 6.42 Å². The van der Waals surface area contributed by atoms with E-state index >= 15 is 0 Å². The van der Waals surface area contributed by atoms with Crippen LogP contribution >= 0.6 is 11.6 Å². The van der Waals surface area contributed by atoms with Gasteiger partial charge in [0.25, 0.3) is 5.91 Å². The molecule has 2 amide bonds. The van der Waals surface area contributed by atoms with E-state index in [9.17, 15) is 18.4 Å². The molecule has 1 aromatic carbocycles. The Morgan fingerprint density at radius 3 is 2.64 bits per heavy atom. The standard InChI is InChI=1S/C24H27ClF2N6O3/c1-4-16(22(28-2)29-3)23(35)30-18-13-33(14-20(34)32-10-6-5-7-11-32)31-21(18)17-12-15(25)8-9-19(17)36-24(26)27/h4-6,8-9,12-13,24,28-29H,1,7,10-11,14H2,2-3H3,(H,30,35). The molecule has 0 atom stereocenters. The van der Waals surface area contributed by atoms with Crippen LogP contribution in [0.15, 0.2) is 60.6 Å². The van der Waals surface area contributed by atoms with Crippen molar-refractivity contribution in [2.24, 2.45) is 0 Å². The van der Waals surface area contributed by atoms with Gasteiger partial charge in [0.05, 0.1) is 11.3 Å². The summed E-state index contributed by atoms with van der Waals surface area (Å²) in [5.74, 6) is -0.501. The zero-order valence-electron chi connectivity index (χ0n) is 19.9. The molecule has 0 radical (unpaired) electrons. The zero-order valence-corrected chi connectivity index (χ0v) is 20.6. The molecule has 0 fully saturated rings. The van der Waals surface area contributed by atoms with Crippen LogP contribution in [-0.2, 0) is 16.1 Å². The SMILES string of the molecule is C=CC(C(=O)Nc1cn(CC(=O)N2CC=CCC2)nc1-c1cc(Cl)ccc1OC(F)F)=C(NC)NC. The van der Waals surface area contributed by atoms with E-state index in [1.807, 2.05) is 12.2 Å². The minimum absolute atomic E-state index is 0.103. The van der Waals surface area contributed by atoms with E-state index in [-0.39, 0.29) is 45.7 Å². The second-order valence-electron chi connectivity index (χ2n) is 7.65. The van der Waals surface area contributed by atoms with Gasteiger partial charge in [-0.1, -0.05) is 36.4 Å². The minimum atomic E-state index is -3.09. The number of carbonyl (C=O) groups is 2. The van der Waals surface area contributed by atoms with Crippen LogP contribution in [0.2, 0.25) is 5.02 Å². The van der Waals surface area contributed by atoms with Crippen LogP contribution in [-0.4, -0.2) is 60.3 Å². The topological polar surface area (TPSA) is 101 Å². The molecule has 2 aromatic rings. The Hall–Kier alpha value is -3.86. The number of halogens is 3. The Morgan fingerprint density at radius 1 is 1.28 bits per heavy atom. The number of hydrogen-bond donors (Lipinski definition) is 3. The van der Waals surface area contributed by atoms with Crippen molar-refractivity contribution in [1.82, 2.24) is 25.3 Å². The monoisotopic (exact) mass is 520 g/mol. The number of ether oxygens (including phenoxy) is 1. The van der Waals surface area contributed by atoms with Crippen molar-refractivity contribution in [3.05, 3.63) is 65.6 Å². The number of nitrogens with one attached hydrogen (secondary N) is 3. The lowest BCUT2D eigenvalue weighted by Gasteiger charge is -2.23. The lowest BCUT2D eigenvalue weighted by Crippen LogP contribution is -2.36. The van der Waals surface area contributed by atoms with Crippen molar-refractivity contribution in [2.75, 3.05) is 32.5 Å². The van der Waals surface area contributed by atoms with Crippen LogP contribution < -0.4 is 20.7 Å². The van der Waals surface area contributed by atoms with E-state index in [1.54, 1.807) is 19.0 Å². The van der Waals surface area contributed by atoms with Crippen LogP contribution in [0.1, 0.15) is 6.42 Å². The van der Waals surface area contributed by atoms with Crippen molar-refractivity contribution in [2.45, 2.75) is 19.6 Å². The fourth-order valence-electron chi connectivity index (χ4n) is 3.68. The number of anilines is 1. The summed E-state index contributed by atoms with van der Waals surface area (Å²) in [6, 6.07) is 4.08. The van der Waals surface area contributed by atoms with E-state index < -0.39 is 12.5 Å². The molecule has 1 aliphatic rings. The summed E-state index contributed by atoms with van der Waals surface area (Å²) in [6.45, 7) is 1.53. The van der Waals surface area contributed by atoms with Gasteiger partial charge in [-0.25, -0.2) is 0 Å². The van der Waals surface area contributed by atoms with Gasteiger partial charge in [-0.2, -0.15) is 13.9 Å². The number of nitrogens with zero attached hydrogens (tertiary/aromatic N) is 3.